The summed E-state index contributed by atoms with van der Waals surface area (Å²) in [5.74, 6) is 0.665. The van der Waals surface area contributed by atoms with Gasteiger partial charge in [-0.05, 0) is 86.2 Å². The highest BCUT2D eigenvalue weighted by Gasteiger charge is 2.65. The lowest BCUT2D eigenvalue weighted by Crippen LogP contribution is -2.70. The van der Waals surface area contributed by atoms with Crippen molar-refractivity contribution in [1.29, 1.82) is 0 Å². The van der Waals surface area contributed by atoms with Gasteiger partial charge in [0.1, 0.15) is 17.4 Å². The number of benzene rings is 2. The Morgan fingerprint density at radius 1 is 0.962 bits per heavy atom. The number of carbonyl (C=O) groups excluding carboxylic acids is 2. The van der Waals surface area contributed by atoms with Crippen LogP contribution in [0.25, 0.3) is 21.8 Å². The van der Waals surface area contributed by atoms with Crippen molar-refractivity contribution in [2.24, 2.45) is 29.6 Å². The lowest BCUT2D eigenvalue weighted by Gasteiger charge is -2.59. The van der Waals surface area contributed by atoms with Crippen molar-refractivity contribution in [3.8, 4) is 5.75 Å². The van der Waals surface area contributed by atoms with Gasteiger partial charge in [-0.2, -0.15) is 0 Å². The third-order valence-electron chi connectivity index (χ3n) is 14.7. The van der Waals surface area contributed by atoms with E-state index in [-0.39, 0.29) is 53.6 Å². The van der Waals surface area contributed by atoms with Crippen LogP contribution in [0.5, 0.6) is 5.75 Å². The maximum Gasteiger partial charge on any atom is 0.319 e. The summed E-state index contributed by atoms with van der Waals surface area (Å²) >= 11 is 0. The van der Waals surface area contributed by atoms with Crippen LogP contribution in [0.1, 0.15) is 79.9 Å². The van der Waals surface area contributed by atoms with Gasteiger partial charge in [0.05, 0.1) is 32.8 Å². The van der Waals surface area contributed by atoms with E-state index in [0.29, 0.717) is 25.3 Å². The second-order valence-electron chi connectivity index (χ2n) is 16.7. The molecule has 10 heteroatoms. The Morgan fingerprint density at radius 2 is 1.75 bits per heavy atom. The molecule has 282 valence electrons. The molecule has 6 aliphatic rings. The second kappa shape index (κ2) is 12.9. The molecule has 0 radical (unpaired) electrons. The number of piperidine rings is 3. The predicted molar refractivity (Wildman–Crippen MR) is 203 cm³/mol. The minimum Gasteiger partial charge on any atom is -0.496 e. The summed E-state index contributed by atoms with van der Waals surface area (Å²) in [6.45, 7) is 6.04. The van der Waals surface area contributed by atoms with Crippen molar-refractivity contribution in [2.75, 3.05) is 41.5 Å². The molecule has 0 amide bonds. The van der Waals surface area contributed by atoms with Gasteiger partial charge in [-0.25, -0.2) is 0 Å². The molecule has 10 nitrogen and oxygen atoms in total. The highest BCUT2D eigenvalue weighted by atomic mass is 16.5. The number of nitrogens with one attached hydrogen (secondary N) is 2. The topological polar surface area (TPSA) is 120 Å². The Morgan fingerprint density at radius 3 is 2.49 bits per heavy atom. The molecule has 10 rings (SSSR count). The molecule has 3 N–H and O–H groups in total. The number of aliphatic hydroxyl groups excluding tert-OH is 1. The highest BCUT2D eigenvalue weighted by molar-refractivity contribution is 5.95. The predicted octanol–water partition coefficient (Wildman–Crippen LogP) is 5.89. The Balaban J connectivity index is 1.31. The zero-order chi connectivity index (χ0) is 36.9. The smallest absolute Gasteiger partial charge is 0.319 e. The number of aromatic nitrogens is 2. The van der Waals surface area contributed by atoms with E-state index in [1.54, 1.807) is 7.11 Å². The first kappa shape index (κ1) is 34.9. The molecule has 11 atom stereocenters. The van der Waals surface area contributed by atoms with Crippen LogP contribution in [0.2, 0.25) is 0 Å². The standard InChI is InChI=1S/C43H54N4O6/c1-7-22-17-24-20-43(42(50)53-6)38-27(15-16-47(39(22)43)40(24)48)26-13-14-33(51-4)35(37(26)45-38)30-18-28-23(8-2)21-46(3)32(34(28)41(49)52-5)19-29-25-11-9-10-12-31(25)44-36(29)30/h9-14,22-24,28,30,32,34,39-40,44-45,48H,7-8,15-21H2,1-6H3/t22-,23-,24+,28-,30+,32-,34-,39-,40+,43+/m0/s1. The van der Waals surface area contributed by atoms with Crippen LogP contribution in [0.4, 0.5) is 0 Å². The van der Waals surface area contributed by atoms with Gasteiger partial charge in [0, 0.05) is 70.2 Å². The number of rotatable bonds is 6. The zero-order valence-corrected chi connectivity index (χ0v) is 31.9. The molecule has 2 aromatic carbocycles. The molecule has 4 aliphatic heterocycles. The van der Waals surface area contributed by atoms with Gasteiger partial charge in [-0.3, -0.25) is 14.5 Å². The fourth-order valence-electron chi connectivity index (χ4n) is 12.5. The Labute approximate surface area is 311 Å². The van der Waals surface area contributed by atoms with Crippen molar-refractivity contribution in [2.45, 2.75) is 88.4 Å². The first-order valence-corrected chi connectivity index (χ1v) is 19.8. The molecular weight excluding hydrogens is 668 g/mol. The lowest BCUT2D eigenvalue weighted by atomic mass is 9.56. The normalized spacial score (nSPS) is 34.8. The maximum absolute atomic E-state index is 14.4. The van der Waals surface area contributed by atoms with E-state index < -0.39 is 11.6 Å². The fourth-order valence-corrected chi connectivity index (χ4v) is 12.5. The lowest BCUT2D eigenvalue weighted by molar-refractivity contribution is -0.196. The molecule has 4 fully saturated rings. The largest absolute Gasteiger partial charge is 0.496 e. The molecular formula is C43H54N4O6. The van der Waals surface area contributed by atoms with Crippen LogP contribution in [0, 0.1) is 29.6 Å². The molecule has 3 saturated heterocycles. The highest BCUT2D eigenvalue weighted by Crippen LogP contribution is 2.58. The number of H-pyrrole nitrogens is 2. The molecule has 2 aliphatic carbocycles. The number of aliphatic hydroxyl groups is 1. The number of esters is 2. The molecule has 4 aromatic rings. The van der Waals surface area contributed by atoms with E-state index in [2.05, 4.69) is 77.1 Å². The van der Waals surface area contributed by atoms with E-state index in [1.165, 1.54) is 30.9 Å². The molecule has 2 aromatic heterocycles. The average Bonchev–Trinajstić information content (AvgIpc) is 3.70. The second-order valence-corrected chi connectivity index (χ2v) is 16.7. The molecule has 6 heterocycles. The summed E-state index contributed by atoms with van der Waals surface area (Å²) in [6, 6.07) is 12.6. The number of nitrogens with zero attached hydrogens (tertiary/aromatic N) is 2. The van der Waals surface area contributed by atoms with Gasteiger partial charge in [0.15, 0.2) is 0 Å². The van der Waals surface area contributed by atoms with Gasteiger partial charge >= 0.3 is 11.9 Å². The zero-order valence-electron chi connectivity index (χ0n) is 31.9. The van der Waals surface area contributed by atoms with E-state index in [9.17, 15) is 14.7 Å². The number of hydrogen-bond donors (Lipinski definition) is 3. The average molecular weight is 723 g/mol. The Bertz CT molecular complexity index is 2090. The van der Waals surface area contributed by atoms with E-state index in [0.717, 1.165) is 77.6 Å². The molecule has 1 unspecified atom stereocenters. The number of fused-ring (bicyclic) bond motifs is 9. The van der Waals surface area contributed by atoms with Crippen LogP contribution in [0.3, 0.4) is 0 Å². The number of methoxy groups -OCH3 is 3. The quantitative estimate of drug-likeness (QED) is 0.211. The van der Waals surface area contributed by atoms with Gasteiger partial charge in [-0.1, -0.05) is 44.9 Å². The van der Waals surface area contributed by atoms with Gasteiger partial charge in [0.25, 0.3) is 0 Å². The number of hydrogen-bond acceptors (Lipinski definition) is 8. The van der Waals surface area contributed by atoms with Crippen molar-refractivity contribution < 1.29 is 28.9 Å². The van der Waals surface area contributed by atoms with Crippen LogP contribution >= 0.6 is 0 Å². The van der Waals surface area contributed by atoms with Crippen LogP contribution in [0.15, 0.2) is 36.4 Å². The minimum atomic E-state index is -0.926. The summed E-state index contributed by atoms with van der Waals surface area (Å²) in [5, 5.41) is 13.8. The van der Waals surface area contributed by atoms with E-state index in [1.807, 2.05) is 0 Å². The molecule has 1 saturated carbocycles. The Hall–Kier alpha value is -3.86. The summed E-state index contributed by atoms with van der Waals surface area (Å²) in [7, 11) is 6.94. The number of carbonyl (C=O) groups is 2. The van der Waals surface area contributed by atoms with Crippen molar-refractivity contribution in [3.05, 3.63) is 64.5 Å². The van der Waals surface area contributed by atoms with Crippen LogP contribution in [-0.2, 0) is 37.3 Å². The van der Waals surface area contributed by atoms with Gasteiger partial charge in [0.2, 0.25) is 0 Å². The number of ether oxygens (including phenoxy) is 3. The van der Waals surface area contributed by atoms with Crippen LogP contribution in [-0.4, -0.2) is 96.6 Å². The number of para-hydroxylation sites is 1. The molecule has 53 heavy (non-hydrogen) atoms. The minimum absolute atomic E-state index is 0.0137. The van der Waals surface area contributed by atoms with E-state index in [4.69, 9.17) is 14.2 Å². The number of aromatic amines is 2. The van der Waals surface area contributed by atoms with Gasteiger partial charge in [-0.15, -0.1) is 0 Å². The first-order chi connectivity index (χ1) is 25.7. The first-order valence-electron chi connectivity index (χ1n) is 19.8. The SMILES string of the molecule is CC[C@H]1CN(C)[C@H]2Cc3c([nH]c4ccccc34)[C@@H](c3c(OC)ccc4c5c([nH]c34)[C@]3(C(=O)OC)C[C@H]4C[C@H](CC)[C@@H]3N(CC5)[C@@H]4O)C[C@@H]1[C@@H]2C(=O)OC. The third-order valence-corrected chi connectivity index (χ3v) is 14.7. The summed E-state index contributed by atoms with van der Waals surface area (Å²) in [5.41, 5.74) is 6.70. The van der Waals surface area contributed by atoms with Crippen molar-refractivity contribution in [3.63, 3.8) is 0 Å². The van der Waals surface area contributed by atoms with Gasteiger partial charge < -0.3 is 34.2 Å². The number of likely N-dealkylation sites (N-methyl/N-ethyl adjacent to an activating group) is 1. The maximum atomic E-state index is 14.4. The van der Waals surface area contributed by atoms with Crippen molar-refractivity contribution >= 4 is 33.7 Å². The van der Waals surface area contributed by atoms with E-state index >= 15 is 0 Å². The third kappa shape index (κ3) is 4.80. The summed E-state index contributed by atoms with van der Waals surface area (Å²) < 4.78 is 17.6. The molecule has 0 spiro atoms. The Kier molecular flexibility index (Phi) is 8.48. The molecule has 6 bridgehead atoms. The summed E-state index contributed by atoms with van der Waals surface area (Å²) in [4.78, 5) is 40.9. The summed E-state index contributed by atoms with van der Waals surface area (Å²) in [6.07, 6.45) is 4.97. The monoisotopic (exact) mass is 722 g/mol. The van der Waals surface area contributed by atoms with Crippen LogP contribution < -0.4 is 4.74 Å². The fraction of sp³-hybridized carbons (Fsp3) is 0.581. The van der Waals surface area contributed by atoms with Crippen molar-refractivity contribution in [1.82, 2.24) is 19.8 Å². The number of likely N-dealkylation sites (tertiary alicyclic amines) is 1.